The van der Waals surface area contributed by atoms with Gasteiger partial charge in [0.15, 0.2) is 17.8 Å². The standard InChI is InChI=1S/C20H21NO4/c1-14(23)21-10-9-15-11-18(24-2)19(25-3)12-17(15)20(21,13-22)16-7-5-4-6-8-16/h4-8,11-13H,9-10H2,1-3H3. The van der Waals surface area contributed by atoms with Crippen LogP contribution in [-0.2, 0) is 21.5 Å². The largest absolute Gasteiger partial charge is 0.493 e. The molecular formula is C20H21NO4. The Morgan fingerprint density at radius 3 is 2.32 bits per heavy atom. The first kappa shape index (κ1) is 17.0. The van der Waals surface area contributed by atoms with Crippen molar-refractivity contribution in [1.82, 2.24) is 4.90 Å². The van der Waals surface area contributed by atoms with Gasteiger partial charge in [-0.25, -0.2) is 0 Å². The van der Waals surface area contributed by atoms with Gasteiger partial charge in [-0.3, -0.25) is 9.59 Å². The minimum absolute atomic E-state index is 0.142. The molecule has 0 radical (unpaired) electrons. The predicted octanol–water partition coefficient (Wildman–Crippen LogP) is 2.55. The van der Waals surface area contributed by atoms with E-state index in [9.17, 15) is 9.59 Å². The summed E-state index contributed by atoms with van der Waals surface area (Å²) in [6.07, 6.45) is 1.51. The van der Waals surface area contributed by atoms with Crippen LogP contribution in [0, 0.1) is 0 Å². The Hall–Kier alpha value is -2.82. The molecule has 130 valence electrons. The highest BCUT2D eigenvalue weighted by atomic mass is 16.5. The average Bonchev–Trinajstić information content (AvgIpc) is 2.66. The smallest absolute Gasteiger partial charge is 0.220 e. The minimum atomic E-state index is -1.17. The first-order chi connectivity index (χ1) is 12.1. The normalized spacial score (nSPS) is 19.1. The molecule has 0 N–H and O–H groups in total. The Balaban J connectivity index is 2.34. The van der Waals surface area contributed by atoms with Crippen LogP contribution >= 0.6 is 0 Å². The molecule has 1 aliphatic rings. The van der Waals surface area contributed by atoms with Gasteiger partial charge in [0.05, 0.1) is 14.2 Å². The van der Waals surface area contributed by atoms with Crippen molar-refractivity contribution in [2.45, 2.75) is 18.9 Å². The van der Waals surface area contributed by atoms with Crippen LogP contribution in [0.4, 0.5) is 0 Å². The second-order valence-corrected chi connectivity index (χ2v) is 6.04. The SMILES string of the molecule is COc1cc2c(cc1OC)C(C=O)(c1ccccc1)N(C(C)=O)CC2. The van der Waals surface area contributed by atoms with Gasteiger partial charge in [-0.05, 0) is 35.2 Å². The Morgan fingerprint density at radius 2 is 1.76 bits per heavy atom. The molecule has 1 heterocycles. The van der Waals surface area contributed by atoms with E-state index in [1.165, 1.54) is 6.92 Å². The first-order valence-corrected chi connectivity index (χ1v) is 8.14. The Labute approximate surface area is 147 Å². The molecule has 1 atom stereocenters. The van der Waals surface area contributed by atoms with Crippen LogP contribution in [0.3, 0.4) is 0 Å². The van der Waals surface area contributed by atoms with Gasteiger partial charge in [0.2, 0.25) is 5.91 Å². The number of carbonyl (C=O) groups excluding carboxylic acids is 2. The molecule has 0 bridgehead atoms. The topological polar surface area (TPSA) is 55.8 Å². The molecule has 2 aromatic rings. The van der Waals surface area contributed by atoms with Crippen molar-refractivity contribution in [3.05, 3.63) is 59.2 Å². The summed E-state index contributed by atoms with van der Waals surface area (Å²) < 4.78 is 10.8. The number of hydrogen-bond acceptors (Lipinski definition) is 4. The second-order valence-electron chi connectivity index (χ2n) is 6.04. The number of nitrogens with zero attached hydrogens (tertiary/aromatic N) is 1. The van der Waals surface area contributed by atoms with Crippen LogP contribution in [-0.4, -0.2) is 37.9 Å². The zero-order valence-corrected chi connectivity index (χ0v) is 14.6. The monoisotopic (exact) mass is 339 g/mol. The number of aldehydes is 1. The van der Waals surface area contributed by atoms with E-state index in [1.54, 1.807) is 19.1 Å². The molecule has 5 heteroatoms. The van der Waals surface area contributed by atoms with Crippen LogP contribution in [0.25, 0.3) is 0 Å². The fourth-order valence-corrected chi connectivity index (χ4v) is 3.64. The molecule has 0 aromatic heterocycles. The number of benzene rings is 2. The molecule has 0 aliphatic carbocycles. The maximum absolute atomic E-state index is 12.4. The van der Waals surface area contributed by atoms with E-state index < -0.39 is 5.54 Å². The lowest BCUT2D eigenvalue weighted by molar-refractivity contribution is -0.139. The van der Waals surface area contributed by atoms with Crippen molar-refractivity contribution < 1.29 is 19.1 Å². The first-order valence-electron chi connectivity index (χ1n) is 8.14. The van der Waals surface area contributed by atoms with E-state index >= 15 is 0 Å². The average molecular weight is 339 g/mol. The summed E-state index contributed by atoms with van der Waals surface area (Å²) in [5, 5.41) is 0. The van der Waals surface area contributed by atoms with Gasteiger partial charge in [0, 0.05) is 13.5 Å². The summed E-state index contributed by atoms with van der Waals surface area (Å²) in [5.74, 6) is 1.01. The maximum Gasteiger partial charge on any atom is 0.220 e. The predicted molar refractivity (Wildman–Crippen MR) is 93.9 cm³/mol. The highest BCUT2D eigenvalue weighted by molar-refractivity contribution is 5.86. The maximum atomic E-state index is 12.4. The van der Waals surface area contributed by atoms with Crippen molar-refractivity contribution in [3.8, 4) is 11.5 Å². The second kappa shape index (κ2) is 6.59. The molecule has 1 amide bonds. The number of rotatable bonds is 4. The molecule has 0 saturated carbocycles. The summed E-state index contributed by atoms with van der Waals surface area (Å²) in [7, 11) is 3.14. The number of fused-ring (bicyclic) bond motifs is 1. The van der Waals surface area contributed by atoms with Gasteiger partial charge in [0.25, 0.3) is 0 Å². The lowest BCUT2D eigenvalue weighted by Gasteiger charge is -2.45. The summed E-state index contributed by atoms with van der Waals surface area (Å²) >= 11 is 0. The molecule has 5 nitrogen and oxygen atoms in total. The van der Waals surface area contributed by atoms with Gasteiger partial charge in [-0.2, -0.15) is 0 Å². The highest BCUT2D eigenvalue weighted by Gasteiger charge is 2.46. The molecule has 1 unspecified atom stereocenters. The third-order valence-electron chi connectivity index (χ3n) is 4.82. The van der Waals surface area contributed by atoms with Crippen LogP contribution < -0.4 is 9.47 Å². The number of amides is 1. The number of ether oxygens (including phenoxy) is 2. The third-order valence-corrected chi connectivity index (χ3v) is 4.82. The Morgan fingerprint density at radius 1 is 1.12 bits per heavy atom. The van der Waals surface area contributed by atoms with E-state index in [0.717, 1.165) is 23.0 Å². The summed E-state index contributed by atoms with van der Waals surface area (Å²) in [6.45, 7) is 1.96. The van der Waals surface area contributed by atoms with Crippen LogP contribution in [0.15, 0.2) is 42.5 Å². The zero-order chi connectivity index (χ0) is 18.0. The van der Waals surface area contributed by atoms with Crippen molar-refractivity contribution in [1.29, 1.82) is 0 Å². The highest BCUT2D eigenvalue weighted by Crippen LogP contribution is 2.44. The summed E-state index contributed by atoms with van der Waals surface area (Å²) in [4.78, 5) is 26.4. The quantitative estimate of drug-likeness (QED) is 0.804. The summed E-state index contributed by atoms with van der Waals surface area (Å²) in [6, 6.07) is 13.1. The fraction of sp³-hybridized carbons (Fsp3) is 0.300. The zero-order valence-electron chi connectivity index (χ0n) is 14.6. The van der Waals surface area contributed by atoms with E-state index in [0.29, 0.717) is 24.5 Å². The fourth-order valence-electron chi connectivity index (χ4n) is 3.64. The van der Waals surface area contributed by atoms with Gasteiger partial charge >= 0.3 is 0 Å². The van der Waals surface area contributed by atoms with E-state index in [2.05, 4.69) is 0 Å². The van der Waals surface area contributed by atoms with Gasteiger partial charge < -0.3 is 14.4 Å². The van der Waals surface area contributed by atoms with Gasteiger partial charge in [-0.1, -0.05) is 30.3 Å². The summed E-state index contributed by atoms with van der Waals surface area (Å²) in [5.41, 5.74) is 1.33. The molecular weight excluding hydrogens is 318 g/mol. The van der Waals surface area contributed by atoms with Gasteiger partial charge in [-0.15, -0.1) is 0 Å². The van der Waals surface area contributed by atoms with E-state index in [4.69, 9.17) is 9.47 Å². The van der Waals surface area contributed by atoms with Crippen molar-refractivity contribution in [2.24, 2.45) is 0 Å². The van der Waals surface area contributed by atoms with Crippen molar-refractivity contribution in [3.63, 3.8) is 0 Å². The minimum Gasteiger partial charge on any atom is -0.493 e. The molecule has 0 spiro atoms. The van der Waals surface area contributed by atoms with Crippen molar-refractivity contribution >= 4 is 12.2 Å². The van der Waals surface area contributed by atoms with Gasteiger partial charge in [0.1, 0.15) is 5.54 Å². The number of hydrogen-bond donors (Lipinski definition) is 0. The van der Waals surface area contributed by atoms with Crippen LogP contribution in [0.2, 0.25) is 0 Å². The molecule has 0 saturated heterocycles. The molecule has 3 rings (SSSR count). The Kier molecular flexibility index (Phi) is 4.49. The molecule has 1 aliphatic heterocycles. The van der Waals surface area contributed by atoms with E-state index in [-0.39, 0.29) is 5.91 Å². The molecule has 2 aromatic carbocycles. The third kappa shape index (κ3) is 2.56. The van der Waals surface area contributed by atoms with E-state index in [1.807, 2.05) is 42.5 Å². The number of methoxy groups -OCH3 is 2. The van der Waals surface area contributed by atoms with Crippen LogP contribution in [0.1, 0.15) is 23.6 Å². The lowest BCUT2D eigenvalue weighted by Crippen LogP contribution is -2.54. The molecule has 0 fully saturated rings. The lowest BCUT2D eigenvalue weighted by atomic mass is 9.76. The van der Waals surface area contributed by atoms with Crippen LogP contribution in [0.5, 0.6) is 11.5 Å². The van der Waals surface area contributed by atoms with Crippen molar-refractivity contribution in [2.75, 3.05) is 20.8 Å². The number of carbonyl (C=O) groups is 2. The Bertz CT molecular complexity index is 803. The molecule has 25 heavy (non-hydrogen) atoms.